The maximum Gasteiger partial charge on any atom is 0.236 e. The summed E-state index contributed by atoms with van der Waals surface area (Å²) in [4.78, 5) is 12.2. The molecule has 2 aliphatic carbocycles. The van der Waals surface area contributed by atoms with E-state index in [9.17, 15) is 4.79 Å². The van der Waals surface area contributed by atoms with E-state index in [4.69, 9.17) is 0 Å². The van der Waals surface area contributed by atoms with Crippen molar-refractivity contribution in [3.8, 4) is 0 Å². The second-order valence-corrected chi connectivity index (χ2v) is 7.88. The second kappa shape index (κ2) is 5.67. The minimum absolute atomic E-state index is 0.0905. The number of amides is 1. The minimum Gasteiger partial charge on any atom is -0.355 e. The Labute approximate surface area is 124 Å². The average molecular weight is 280 g/mol. The van der Waals surface area contributed by atoms with Gasteiger partial charge in [-0.2, -0.15) is 0 Å². The van der Waals surface area contributed by atoms with Crippen LogP contribution in [0, 0.1) is 16.7 Å². The molecule has 20 heavy (non-hydrogen) atoms. The lowest BCUT2D eigenvalue weighted by atomic mass is 9.68. The van der Waals surface area contributed by atoms with Crippen molar-refractivity contribution in [1.82, 2.24) is 10.6 Å². The van der Waals surface area contributed by atoms with Crippen LogP contribution in [0.3, 0.4) is 0 Å². The highest BCUT2D eigenvalue weighted by Crippen LogP contribution is 2.62. The quantitative estimate of drug-likeness (QED) is 0.734. The van der Waals surface area contributed by atoms with Gasteiger partial charge in [0, 0.05) is 12.6 Å². The first-order valence-electron chi connectivity index (χ1n) is 8.35. The topological polar surface area (TPSA) is 41.1 Å². The molecule has 2 aliphatic rings. The summed E-state index contributed by atoms with van der Waals surface area (Å²) in [5.41, 5.74) is 0.692. The van der Waals surface area contributed by atoms with E-state index in [1.165, 1.54) is 19.3 Å². The van der Waals surface area contributed by atoms with Crippen molar-refractivity contribution in [2.75, 3.05) is 6.54 Å². The molecule has 116 valence electrons. The first kappa shape index (κ1) is 15.8. The lowest BCUT2D eigenvalue weighted by molar-refractivity contribution is -0.123. The van der Waals surface area contributed by atoms with Gasteiger partial charge >= 0.3 is 0 Å². The van der Waals surface area contributed by atoms with Gasteiger partial charge in [-0.1, -0.05) is 34.1 Å². The zero-order valence-electron chi connectivity index (χ0n) is 13.9. The van der Waals surface area contributed by atoms with E-state index in [2.05, 4.69) is 38.3 Å². The van der Waals surface area contributed by atoms with Crippen LogP contribution in [0.2, 0.25) is 0 Å². The average Bonchev–Trinajstić information content (AvgIpc) is 2.85. The summed E-state index contributed by atoms with van der Waals surface area (Å²) in [6.45, 7) is 12.1. The Hall–Kier alpha value is -0.570. The van der Waals surface area contributed by atoms with E-state index in [1.807, 2.05) is 6.92 Å². The molecule has 1 amide bonds. The smallest absolute Gasteiger partial charge is 0.236 e. The van der Waals surface area contributed by atoms with Crippen LogP contribution in [0.15, 0.2) is 0 Å². The Morgan fingerprint density at radius 1 is 1.35 bits per heavy atom. The Balaban J connectivity index is 1.93. The zero-order valence-corrected chi connectivity index (χ0v) is 13.9. The Kier molecular flexibility index (Phi) is 4.48. The number of fused-ring (bicyclic) bond motifs is 2. The van der Waals surface area contributed by atoms with Crippen LogP contribution in [0.5, 0.6) is 0 Å². The number of unbranched alkanes of at least 4 members (excludes halogenated alkanes) is 1. The van der Waals surface area contributed by atoms with Crippen LogP contribution < -0.4 is 10.6 Å². The molecule has 3 heteroatoms. The molecule has 2 saturated carbocycles. The fraction of sp³-hybridized carbons (Fsp3) is 0.941. The minimum atomic E-state index is -0.0905. The van der Waals surface area contributed by atoms with E-state index >= 15 is 0 Å². The number of carbonyl (C=O) groups is 1. The van der Waals surface area contributed by atoms with Crippen molar-refractivity contribution < 1.29 is 4.79 Å². The van der Waals surface area contributed by atoms with E-state index in [-0.39, 0.29) is 11.9 Å². The SMILES string of the molecule is CCCCNC(=O)C(C)NC1C2(C)CCC(C2)C1(C)C. The summed E-state index contributed by atoms with van der Waals surface area (Å²) < 4.78 is 0. The molecule has 0 aromatic heterocycles. The highest BCUT2D eigenvalue weighted by atomic mass is 16.2. The Morgan fingerprint density at radius 3 is 2.60 bits per heavy atom. The second-order valence-electron chi connectivity index (χ2n) is 7.88. The summed E-state index contributed by atoms with van der Waals surface area (Å²) >= 11 is 0. The summed E-state index contributed by atoms with van der Waals surface area (Å²) in [7, 11) is 0. The van der Waals surface area contributed by atoms with E-state index in [1.54, 1.807) is 0 Å². The van der Waals surface area contributed by atoms with Gasteiger partial charge in [-0.15, -0.1) is 0 Å². The van der Waals surface area contributed by atoms with E-state index in [0.29, 0.717) is 16.9 Å². The first-order chi connectivity index (χ1) is 9.31. The van der Waals surface area contributed by atoms with Crippen LogP contribution in [-0.2, 0) is 4.79 Å². The van der Waals surface area contributed by atoms with E-state index in [0.717, 1.165) is 25.3 Å². The Bertz CT molecular complexity index is 361. The highest BCUT2D eigenvalue weighted by Gasteiger charge is 2.59. The molecule has 0 heterocycles. The maximum atomic E-state index is 12.2. The first-order valence-corrected chi connectivity index (χ1v) is 8.35. The monoisotopic (exact) mass is 280 g/mol. The van der Waals surface area contributed by atoms with Crippen LogP contribution >= 0.6 is 0 Å². The van der Waals surface area contributed by atoms with Gasteiger partial charge in [0.25, 0.3) is 0 Å². The van der Waals surface area contributed by atoms with Crippen molar-refractivity contribution in [2.24, 2.45) is 16.7 Å². The summed E-state index contributed by atoms with van der Waals surface area (Å²) in [6.07, 6.45) is 6.17. The Morgan fingerprint density at radius 2 is 2.05 bits per heavy atom. The molecule has 2 N–H and O–H groups in total. The molecule has 0 saturated heterocycles. The van der Waals surface area contributed by atoms with E-state index < -0.39 is 0 Å². The number of carbonyl (C=O) groups excluding carboxylic acids is 1. The fourth-order valence-corrected chi connectivity index (χ4v) is 4.59. The van der Waals surface area contributed by atoms with Crippen molar-refractivity contribution >= 4 is 5.91 Å². The largest absolute Gasteiger partial charge is 0.355 e. The molecular formula is C17H32N2O. The van der Waals surface area contributed by atoms with Crippen molar-refractivity contribution in [3.63, 3.8) is 0 Å². The molecule has 3 nitrogen and oxygen atoms in total. The maximum absolute atomic E-state index is 12.2. The third kappa shape index (κ3) is 2.74. The van der Waals surface area contributed by atoms with Gasteiger partial charge in [-0.3, -0.25) is 4.79 Å². The predicted molar refractivity (Wildman–Crippen MR) is 83.5 cm³/mol. The molecular weight excluding hydrogens is 248 g/mol. The van der Waals surface area contributed by atoms with Gasteiger partial charge in [0.05, 0.1) is 6.04 Å². The molecule has 4 unspecified atom stereocenters. The number of hydrogen-bond acceptors (Lipinski definition) is 2. The van der Waals surface area contributed by atoms with Gasteiger partial charge in [-0.05, 0) is 49.4 Å². The molecule has 4 atom stereocenters. The summed E-state index contributed by atoms with van der Waals surface area (Å²) in [6, 6.07) is 0.369. The molecule has 0 spiro atoms. The van der Waals surface area contributed by atoms with Gasteiger partial charge in [-0.25, -0.2) is 0 Å². The molecule has 2 fully saturated rings. The molecule has 0 aliphatic heterocycles. The van der Waals surface area contributed by atoms with Crippen LogP contribution in [0.1, 0.15) is 66.7 Å². The van der Waals surface area contributed by atoms with Gasteiger partial charge in [0.15, 0.2) is 0 Å². The van der Waals surface area contributed by atoms with Gasteiger partial charge in [0.2, 0.25) is 5.91 Å². The number of nitrogens with one attached hydrogen (secondary N) is 2. The third-order valence-electron chi connectivity index (χ3n) is 5.91. The van der Waals surface area contributed by atoms with Gasteiger partial charge < -0.3 is 10.6 Å². The van der Waals surface area contributed by atoms with Gasteiger partial charge in [0.1, 0.15) is 0 Å². The van der Waals surface area contributed by atoms with Crippen molar-refractivity contribution in [3.05, 3.63) is 0 Å². The van der Waals surface area contributed by atoms with Crippen molar-refractivity contribution in [1.29, 1.82) is 0 Å². The predicted octanol–water partition coefficient (Wildman–Crippen LogP) is 3.10. The summed E-state index contributed by atoms with van der Waals surface area (Å²) in [5, 5.41) is 6.70. The van der Waals surface area contributed by atoms with Crippen LogP contribution in [-0.4, -0.2) is 24.5 Å². The lowest BCUT2D eigenvalue weighted by Crippen LogP contribution is -2.56. The molecule has 0 radical (unpaired) electrons. The molecule has 2 bridgehead atoms. The van der Waals surface area contributed by atoms with Crippen LogP contribution in [0.25, 0.3) is 0 Å². The lowest BCUT2D eigenvalue weighted by Gasteiger charge is -2.44. The summed E-state index contributed by atoms with van der Waals surface area (Å²) in [5.74, 6) is 0.973. The van der Waals surface area contributed by atoms with Crippen molar-refractivity contribution in [2.45, 2.75) is 78.8 Å². The highest BCUT2D eigenvalue weighted by molar-refractivity contribution is 5.81. The number of rotatable bonds is 6. The number of hydrogen-bond donors (Lipinski definition) is 2. The molecule has 2 rings (SSSR count). The molecule has 0 aromatic carbocycles. The zero-order chi connectivity index (χ0) is 15.0. The molecule has 0 aromatic rings. The third-order valence-corrected chi connectivity index (χ3v) is 5.91. The normalized spacial score (nSPS) is 36.0. The van der Waals surface area contributed by atoms with Crippen LogP contribution in [0.4, 0.5) is 0 Å². The fourth-order valence-electron chi connectivity index (χ4n) is 4.59. The standard InChI is InChI=1S/C17H32N2O/c1-6-7-10-18-14(20)12(2)19-15-16(3,4)13-8-9-17(15,5)11-13/h12-13,15,19H,6-11H2,1-5H3,(H,18,20).